The van der Waals surface area contributed by atoms with Crippen LogP contribution in [0.2, 0.25) is 0 Å². The molecule has 0 spiro atoms. The summed E-state index contributed by atoms with van der Waals surface area (Å²) in [6.07, 6.45) is 4.06. The van der Waals surface area contributed by atoms with Gasteiger partial charge in [0.2, 0.25) is 5.91 Å². The first-order valence-electron chi connectivity index (χ1n) is 10.1. The van der Waals surface area contributed by atoms with Gasteiger partial charge in [0.15, 0.2) is 0 Å². The lowest BCUT2D eigenvalue weighted by Gasteiger charge is -2.26. The van der Waals surface area contributed by atoms with E-state index >= 15 is 0 Å². The van der Waals surface area contributed by atoms with E-state index in [1.165, 1.54) is 6.20 Å². The number of hydrogen-bond acceptors (Lipinski definition) is 5. The lowest BCUT2D eigenvalue weighted by Crippen LogP contribution is -2.40. The average molecular weight is 399 g/mol. The van der Waals surface area contributed by atoms with Gasteiger partial charge in [-0.2, -0.15) is 0 Å². The van der Waals surface area contributed by atoms with Crippen molar-refractivity contribution in [3.05, 3.63) is 59.2 Å². The van der Waals surface area contributed by atoms with Gasteiger partial charge in [0.05, 0.1) is 19.4 Å². The first-order valence-corrected chi connectivity index (χ1v) is 10.1. The van der Waals surface area contributed by atoms with Crippen LogP contribution < -0.4 is 4.74 Å². The number of rotatable bonds is 5. The average Bonchev–Trinajstić information content (AvgIpc) is 2.95. The first-order chi connectivity index (χ1) is 14.2. The van der Waals surface area contributed by atoms with Crippen LogP contribution in [0.5, 0.6) is 5.75 Å². The predicted molar refractivity (Wildman–Crippen MR) is 106 cm³/mol. The lowest BCUT2D eigenvalue weighted by molar-refractivity contribution is -0.135. The van der Waals surface area contributed by atoms with E-state index in [1.54, 1.807) is 12.3 Å². The summed E-state index contributed by atoms with van der Waals surface area (Å²) in [5.74, 6) is 0.758. The van der Waals surface area contributed by atoms with Crippen molar-refractivity contribution in [1.82, 2.24) is 14.8 Å². The molecule has 0 aliphatic carbocycles. The molecule has 6 nitrogen and oxygen atoms in total. The zero-order valence-corrected chi connectivity index (χ0v) is 16.5. The van der Waals surface area contributed by atoms with Crippen molar-refractivity contribution in [2.45, 2.75) is 25.9 Å². The van der Waals surface area contributed by atoms with E-state index in [1.807, 2.05) is 17.0 Å². The minimum atomic E-state index is -0.284. The number of benzene rings is 1. The highest BCUT2D eigenvalue weighted by atomic mass is 19.1. The second-order valence-corrected chi connectivity index (χ2v) is 7.46. The van der Waals surface area contributed by atoms with E-state index in [0.717, 1.165) is 23.4 Å². The Hall–Kier alpha value is -2.51. The van der Waals surface area contributed by atoms with Gasteiger partial charge in [0, 0.05) is 56.5 Å². The number of amides is 1. The third kappa shape index (κ3) is 5.10. The number of carbonyl (C=O) groups excluding carboxylic acids is 1. The van der Waals surface area contributed by atoms with Gasteiger partial charge in [-0.1, -0.05) is 12.1 Å². The second-order valence-electron chi connectivity index (χ2n) is 7.46. The Labute approximate surface area is 170 Å². The fourth-order valence-electron chi connectivity index (χ4n) is 3.79. The summed E-state index contributed by atoms with van der Waals surface area (Å²) in [6.45, 7) is 5.08. The van der Waals surface area contributed by atoms with Crippen molar-refractivity contribution in [3.63, 3.8) is 0 Å². The quantitative estimate of drug-likeness (QED) is 0.773. The van der Waals surface area contributed by atoms with Crippen molar-refractivity contribution >= 4 is 5.91 Å². The summed E-state index contributed by atoms with van der Waals surface area (Å²) in [5, 5.41) is 0. The van der Waals surface area contributed by atoms with Gasteiger partial charge >= 0.3 is 0 Å². The Morgan fingerprint density at radius 3 is 2.83 bits per heavy atom. The van der Waals surface area contributed by atoms with Crippen LogP contribution in [0.1, 0.15) is 23.1 Å². The van der Waals surface area contributed by atoms with Gasteiger partial charge in [0.1, 0.15) is 18.2 Å². The molecule has 2 aromatic rings. The zero-order valence-electron chi connectivity index (χ0n) is 16.5. The summed E-state index contributed by atoms with van der Waals surface area (Å²) in [4.78, 5) is 20.3. The topological polar surface area (TPSA) is 54.9 Å². The van der Waals surface area contributed by atoms with Crippen molar-refractivity contribution in [2.24, 2.45) is 0 Å². The van der Waals surface area contributed by atoms with E-state index in [2.05, 4.69) is 16.0 Å². The molecule has 1 aromatic heterocycles. The fourth-order valence-corrected chi connectivity index (χ4v) is 3.79. The smallest absolute Gasteiger partial charge is 0.223 e. The number of aryl methyl sites for hydroxylation is 1. The van der Waals surface area contributed by atoms with Gasteiger partial charge < -0.3 is 14.4 Å². The van der Waals surface area contributed by atoms with Crippen LogP contribution in [-0.2, 0) is 29.0 Å². The Balaban J connectivity index is 1.40. The number of morpholine rings is 1. The number of hydrogen-bond donors (Lipinski definition) is 0. The number of pyridine rings is 1. The largest absolute Gasteiger partial charge is 0.492 e. The van der Waals surface area contributed by atoms with Crippen LogP contribution in [-0.4, -0.2) is 60.1 Å². The summed E-state index contributed by atoms with van der Waals surface area (Å²) < 4.78 is 25.2. The molecule has 1 amide bonds. The maximum Gasteiger partial charge on any atom is 0.223 e. The van der Waals surface area contributed by atoms with E-state index < -0.39 is 0 Å². The van der Waals surface area contributed by atoms with Gasteiger partial charge in [-0.25, -0.2) is 4.39 Å². The maximum absolute atomic E-state index is 14.0. The van der Waals surface area contributed by atoms with Crippen molar-refractivity contribution in [2.75, 3.05) is 39.5 Å². The van der Waals surface area contributed by atoms with Gasteiger partial charge in [-0.05, 0) is 24.1 Å². The highest BCUT2D eigenvalue weighted by Gasteiger charge is 2.19. The number of carbonyl (C=O) groups is 1. The van der Waals surface area contributed by atoms with Crippen LogP contribution in [0, 0.1) is 5.82 Å². The van der Waals surface area contributed by atoms with Crippen LogP contribution in [0.15, 0.2) is 36.7 Å². The molecule has 1 saturated heterocycles. The SMILES string of the molecule is O=C(CCc1ccc2c(c1)CN(Cc1ccncc1F)CCO2)N1CCOCC1. The third-order valence-electron chi connectivity index (χ3n) is 5.43. The molecular formula is C22H26FN3O3. The minimum absolute atomic E-state index is 0.175. The lowest BCUT2D eigenvalue weighted by atomic mass is 10.0. The highest BCUT2D eigenvalue weighted by Crippen LogP contribution is 2.26. The number of aromatic nitrogens is 1. The highest BCUT2D eigenvalue weighted by molar-refractivity contribution is 5.76. The minimum Gasteiger partial charge on any atom is -0.492 e. The molecule has 1 aromatic carbocycles. The molecule has 0 atom stereocenters. The fraction of sp³-hybridized carbons (Fsp3) is 0.455. The van der Waals surface area contributed by atoms with E-state index in [0.29, 0.717) is 64.4 Å². The van der Waals surface area contributed by atoms with Crippen molar-refractivity contribution in [1.29, 1.82) is 0 Å². The molecule has 3 heterocycles. The van der Waals surface area contributed by atoms with Gasteiger partial charge in [-0.15, -0.1) is 0 Å². The monoisotopic (exact) mass is 399 g/mol. The molecule has 154 valence electrons. The summed E-state index contributed by atoms with van der Waals surface area (Å²) in [7, 11) is 0. The zero-order chi connectivity index (χ0) is 20.1. The number of nitrogens with zero attached hydrogens (tertiary/aromatic N) is 3. The van der Waals surface area contributed by atoms with Crippen molar-refractivity contribution < 1.29 is 18.7 Å². The molecule has 4 rings (SSSR count). The number of halogens is 1. The third-order valence-corrected chi connectivity index (χ3v) is 5.43. The molecule has 7 heteroatoms. The molecule has 0 radical (unpaired) electrons. The normalized spacial score (nSPS) is 17.3. The molecular weight excluding hydrogens is 373 g/mol. The summed E-state index contributed by atoms with van der Waals surface area (Å²) in [5.41, 5.74) is 2.83. The molecule has 0 N–H and O–H groups in total. The van der Waals surface area contributed by atoms with Gasteiger partial charge in [0.25, 0.3) is 0 Å². The molecule has 29 heavy (non-hydrogen) atoms. The van der Waals surface area contributed by atoms with Gasteiger partial charge in [-0.3, -0.25) is 14.7 Å². The Morgan fingerprint density at radius 2 is 2.00 bits per heavy atom. The van der Waals surface area contributed by atoms with Crippen molar-refractivity contribution in [3.8, 4) is 5.75 Å². The second kappa shape index (κ2) is 9.33. The predicted octanol–water partition coefficient (Wildman–Crippen LogP) is 2.41. The van der Waals surface area contributed by atoms with E-state index in [4.69, 9.17) is 9.47 Å². The Morgan fingerprint density at radius 1 is 1.14 bits per heavy atom. The van der Waals surface area contributed by atoms with Crippen LogP contribution in [0.3, 0.4) is 0 Å². The molecule has 2 aliphatic heterocycles. The van der Waals surface area contributed by atoms with E-state index in [-0.39, 0.29) is 11.7 Å². The van der Waals surface area contributed by atoms with E-state index in [9.17, 15) is 9.18 Å². The van der Waals surface area contributed by atoms with Crippen LogP contribution in [0.4, 0.5) is 4.39 Å². The standard InChI is InChI=1S/C22H26FN3O3/c23-20-14-24-6-5-18(20)15-25-7-12-29-21-3-1-17(13-19(21)16-25)2-4-22(27)26-8-10-28-11-9-26/h1,3,5-6,13-14H,2,4,7-12,15-16H2. The molecule has 2 aliphatic rings. The molecule has 0 saturated carbocycles. The molecule has 1 fully saturated rings. The van der Waals surface area contributed by atoms with Crippen LogP contribution >= 0.6 is 0 Å². The van der Waals surface area contributed by atoms with Crippen LogP contribution in [0.25, 0.3) is 0 Å². The number of fused-ring (bicyclic) bond motifs is 1. The molecule has 0 unspecified atom stereocenters. The Bertz CT molecular complexity index is 855. The first kappa shape index (κ1) is 19.8. The summed E-state index contributed by atoms with van der Waals surface area (Å²) in [6, 6.07) is 7.85. The Kier molecular flexibility index (Phi) is 6.36. The molecule has 0 bridgehead atoms. The summed E-state index contributed by atoms with van der Waals surface area (Å²) >= 11 is 0. The number of ether oxygens (including phenoxy) is 2. The maximum atomic E-state index is 14.0.